The van der Waals surface area contributed by atoms with Crippen LogP contribution in [0.15, 0.2) is 53.8 Å². The van der Waals surface area contributed by atoms with Gasteiger partial charge in [-0.1, -0.05) is 0 Å². The van der Waals surface area contributed by atoms with E-state index in [4.69, 9.17) is 4.74 Å². The molecule has 162 valence electrons. The van der Waals surface area contributed by atoms with Crippen LogP contribution in [0.4, 0.5) is 11.5 Å². The van der Waals surface area contributed by atoms with E-state index in [0.29, 0.717) is 18.1 Å². The number of methoxy groups -OCH3 is 1. The highest BCUT2D eigenvalue weighted by Crippen LogP contribution is 2.37. The highest BCUT2D eigenvalue weighted by atomic mass is 32.2. The van der Waals surface area contributed by atoms with Crippen molar-refractivity contribution in [1.82, 2.24) is 19.3 Å². The lowest BCUT2D eigenvalue weighted by Crippen LogP contribution is -2.31. The average Bonchev–Trinajstić information content (AvgIpc) is 3.25. The highest BCUT2D eigenvalue weighted by Gasteiger charge is 2.37. The van der Waals surface area contributed by atoms with E-state index in [2.05, 4.69) is 20.3 Å². The molecule has 9 heteroatoms. The summed E-state index contributed by atoms with van der Waals surface area (Å²) >= 11 is 0. The zero-order chi connectivity index (χ0) is 22.0. The van der Waals surface area contributed by atoms with E-state index in [1.165, 1.54) is 0 Å². The van der Waals surface area contributed by atoms with Crippen molar-refractivity contribution in [2.45, 2.75) is 37.6 Å². The van der Waals surface area contributed by atoms with E-state index in [0.717, 1.165) is 35.5 Å². The van der Waals surface area contributed by atoms with E-state index in [1.807, 2.05) is 26.0 Å². The molecule has 3 aromatic rings. The van der Waals surface area contributed by atoms with Crippen LogP contribution in [0.2, 0.25) is 0 Å². The monoisotopic (exact) mass is 439 g/mol. The van der Waals surface area contributed by atoms with Gasteiger partial charge in [0.1, 0.15) is 11.6 Å². The molecule has 1 aliphatic rings. The molecule has 0 amide bonds. The fraction of sp³-hybridized carbons (Fsp3) is 0.318. The third kappa shape index (κ3) is 4.38. The summed E-state index contributed by atoms with van der Waals surface area (Å²) in [6.07, 6.45) is 6.35. The summed E-state index contributed by atoms with van der Waals surface area (Å²) in [4.78, 5) is 13.2. The Bertz CT molecular complexity index is 1190. The van der Waals surface area contributed by atoms with Crippen LogP contribution in [-0.4, -0.2) is 41.3 Å². The predicted octanol–water partition coefficient (Wildman–Crippen LogP) is 3.77. The molecular weight excluding hydrogens is 414 g/mol. The lowest BCUT2D eigenvalue weighted by Gasteiger charge is -2.25. The van der Waals surface area contributed by atoms with Crippen LogP contribution in [0, 0.1) is 13.8 Å². The molecule has 0 bridgehead atoms. The molecule has 0 spiro atoms. The molecule has 1 saturated heterocycles. The Balaban J connectivity index is 1.66. The Morgan fingerprint density at radius 2 is 2.00 bits per heavy atom. The minimum Gasteiger partial charge on any atom is -0.496 e. The Kier molecular flexibility index (Phi) is 5.88. The highest BCUT2D eigenvalue weighted by molar-refractivity contribution is 7.89. The summed E-state index contributed by atoms with van der Waals surface area (Å²) in [5.74, 6) is 1.28. The lowest BCUT2D eigenvalue weighted by atomic mass is 10.1. The number of nitrogens with one attached hydrogen (secondary N) is 1. The minimum absolute atomic E-state index is 0.267. The number of benzene rings is 1. The van der Waals surface area contributed by atoms with Gasteiger partial charge in [-0.15, -0.1) is 0 Å². The largest absolute Gasteiger partial charge is 0.496 e. The molecule has 0 radical (unpaired) electrons. The van der Waals surface area contributed by atoms with E-state index < -0.39 is 10.0 Å². The van der Waals surface area contributed by atoms with Crippen LogP contribution in [-0.2, 0) is 10.0 Å². The lowest BCUT2D eigenvalue weighted by molar-refractivity contribution is 0.389. The van der Waals surface area contributed by atoms with Crippen LogP contribution < -0.4 is 10.1 Å². The van der Waals surface area contributed by atoms with E-state index in [1.54, 1.807) is 48.2 Å². The normalized spacial score (nSPS) is 16.9. The van der Waals surface area contributed by atoms with Gasteiger partial charge >= 0.3 is 0 Å². The summed E-state index contributed by atoms with van der Waals surface area (Å²) < 4.78 is 33.7. The summed E-state index contributed by atoms with van der Waals surface area (Å²) in [6, 6.07) is 8.42. The summed E-state index contributed by atoms with van der Waals surface area (Å²) in [6.45, 7) is 4.19. The molecule has 2 aromatic heterocycles. The van der Waals surface area contributed by atoms with Crippen molar-refractivity contribution in [2.75, 3.05) is 19.0 Å². The summed E-state index contributed by atoms with van der Waals surface area (Å²) in [7, 11) is -2.10. The number of hydrogen-bond donors (Lipinski definition) is 1. The maximum Gasteiger partial charge on any atom is 0.243 e. The topological polar surface area (TPSA) is 97.3 Å². The van der Waals surface area contributed by atoms with Crippen LogP contribution in [0.5, 0.6) is 5.75 Å². The third-order valence-corrected chi connectivity index (χ3v) is 7.23. The number of sulfonamides is 1. The van der Waals surface area contributed by atoms with Crippen LogP contribution >= 0.6 is 0 Å². The zero-order valence-electron chi connectivity index (χ0n) is 17.7. The van der Waals surface area contributed by atoms with Crippen molar-refractivity contribution in [2.24, 2.45) is 0 Å². The number of hydrogen-bond acceptors (Lipinski definition) is 7. The number of aryl methyl sites for hydroxylation is 2. The van der Waals surface area contributed by atoms with Crippen molar-refractivity contribution in [3.05, 3.63) is 65.9 Å². The van der Waals surface area contributed by atoms with Crippen molar-refractivity contribution in [3.8, 4) is 5.75 Å². The van der Waals surface area contributed by atoms with E-state index in [9.17, 15) is 8.42 Å². The maximum atomic E-state index is 13.5. The molecule has 3 heterocycles. The molecule has 31 heavy (non-hydrogen) atoms. The number of nitrogens with zero attached hydrogens (tertiary/aromatic N) is 4. The molecule has 8 nitrogen and oxygen atoms in total. The van der Waals surface area contributed by atoms with Crippen LogP contribution in [0.3, 0.4) is 0 Å². The first kappa shape index (κ1) is 21.2. The van der Waals surface area contributed by atoms with Gasteiger partial charge in [0.2, 0.25) is 10.0 Å². The number of pyridine rings is 1. The second-order valence-corrected chi connectivity index (χ2v) is 9.43. The van der Waals surface area contributed by atoms with Crippen molar-refractivity contribution in [3.63, 3.8) is 0 Å². The fourth-order valence-electron chi connectivity index (χ4n) is 3.92. The van der Waals surface area contributed by atoms with Gasteiger partial charge in [-0.05, 0) is 62.6 Å². The summed E-state index contributed by atoms with van der Waals surface area (Å²) in [5, 5.41) is 3.22. The molecule has 0 aliphatic carbocycles. The minimum atomic E-state index is -3.67. The van der Waals surface area contributed by atoms with E-state index >= 15 is 0 Å². The number of anilines is 2. The fourth-order valence-corrected chi connectivity index (χ4v) is 5.67. The molecule has 1 aliphatic heterocycles. The number of aromatic nitrogens is 3. The molecule has 1 fully saturated rings. The molecule has 1 atom stereocenters. The molecular formula is C22H25N5O3S. The van der Waals surface area contributed by atoms with Gasteiger partial charge in [0.25, 0.3) is 0 Å². The summed E-state index contributed by atoms with van der Waals surface area (Å²) in [5.41, 5.74) is 3.10. The van der Waals surface area contributed by atoms with Gasteiger partial charge in [-0.2, -0.15) is 4.31 Å². The third-order valence-electron chi connectivity index (χ3n) is 5.33. The molecule has 4 rings (SSSR count). The molecule has 1 aromatic carbocycles. The Labute approximate surface area is 182 Å². The first-order valence-corrected chi connectivity index (χ1v) is 11.5. The zero-order valence-corrected chi connectivity index (χ0v) is 18.6. The molecule has 0 saturated carbocycles. The second kappa shape index (κ2) is 8.60. The maximum absolute atomic E-state index is 13.5. The number of ether oxygens (including phenoxy) is 1. The first-order valence-electron chi connectivity index (χ1n) is 10.1. The van der Waals surface area contributed by atoms with Gasteiger partial charge in [0.05, 0.1) is 29.9 Å². The van der Waals surface area contributed by atoms with Crippen molar-refractivity contribution < 1.29 is 13.2 Å². The first-order chi connectivity index (χ1) is 14.9. The SMILES string of the molecule is COc1ccc(S(=O)(=O)N2CCC[C@@H]2c2cc(Nc3cnccn3)cc(C)n2)cc1C. The van der Waals surface area contributed by atoms with Gasteiger partial charge in [0, 0.05) is 30.3 Å². The quantitative estimate of drug-likeness (QED) is 0.624. The van der Waals surface area contributed by atoms with Crippen LogP contribution in [0.1, 0.15) is 35.8 Å². The Morgan fingerprint density at radius 1 is 1.16 bits per heavy atom. The second-order valence-electron chi connectivity index (χ2n) is 7.54. The van der Waals surface area contributed by atoms with Crippen molar-refractivity contribution in [1.29, 1.82) is 0 Å². The van der Waals surface area contributed by atoms with Gasteiger partial charge < -0.3 is 10.1 Å². The predicted molar refractivity (Wildman–Crippen MR) is 118 cm³/mol. The Morgan fingerprint density at radius 3 is 2.71 bits per heavy atom. The average molecular weight is 440 g/mol. The van der Waals surface area contributed by atoms with Gasteiger partial charge in [-0.3, -0.25) is 9.97 Å². The van der Waals surface area contributed by atoms with Gasteiger partial charge in [0.15, 0.2) is 0 Å². The standard InChI is InChI=1S/C22H25N5O3S/c1-15-11-18(6-7-21(15)30-3)31(28,29)27-10-4-5-20(27)19-13-17(12-16(2)25-19)26-22-14-23-8-9-24-22/h6-9,11-14,20H,4-5,10H2,1-3H3,(H,24,25,26)/t20-/m1/s1. The molecule has 0 unspecified atom stereocenters. The smallest absolute Gasteiger partial charge is 0.243 e. The molecule has 1 N–H and O–H groups in total. The number of rotatable bonds is 6. The van der Waals surface area contributed by atoms with E-state index in [-0.39, 0.29) is 10.9 Å². The van der Waals surface area contributed by atoms with Gasteiger partial charge in [-0.25, -0.2) is 13.4 Å². The Hall–Kier alpha value is -3.04. The van der Waals surface area contributed by atoms with Crippen molar-refractivity contribution >= 4 is 21.5 Å². The van der Waals surface area contributed by atoms with Crippen LogP contribution in [0.25, 0.3) is 0 Å².